The maximum absolute atomic E-state index is 12.3. The molecular weight excluding hydrogens is 475 g/mol. The highest BCUT2D eigenvalue weighted by molar-refractivity contribution is 9.10. The highest BCUT2D eigenvalue weighted by Gasteiger charge is 2.37. The average molecular weight is 485 g/mol. The fraction of sp³-hybridized carbons (Fsp3) is 0.444. The number of carbonyl (C=O) groups is 1. The standard InChI is InChI=1S/C9H10Br2Cl2N4O3S/c10-2-1-9(11,13)5-21(19,20)17(7(14)18)8-15-3-6(12)4-16-8/h3-4H,1-2,5H2,(H2,14,18). The van der Waals surface area contributed by atoms with Crippen LogP contribution in [0.5, 0.6) is 0 Å². The largest absolute Gasteiger partial charge is 0.350 e. The third kappa shape index (κ3) is 5.51. The average Bonchev–Trinajstić information content (AvgIpc) is 2.29. The Morgan fingerprint density at radius 3 is 2.38 bits per heavy atom. The van der Waals surface area contributed by atoms with E-state index in [1.807, 2.05) is 0 Å². The van der Waals surface area contributed by atoms with Crippen LogP contribution >= 0.6 is 55.1 Å². The molecule has 1 rings (SSSR count). The number of amides is 2. The molecule has 118 valence electrons. The molecule has 1 unspecified atom stereocenters. The number of carbonyl (C=O) groups excluding carboxylic acids is 1. The van der Waals surface area contributed by atoms with E-state index in [-0.39, 0.29) is 9.33 Å². The number of primary amides is 1. The minimum Gasteiger partial charge on any atom is -0.350 e. The zero-order chi connectivity index (χ0) is 16.3. The number of sulfonamides is 1. The lowest BCUT2D eigenvalue weighted by atomic mass is 10.4. The molecule has 7 nitrogen and oxygen atoms in total. The van der Waals surface area contributed by atoms with Gasteiger partial charge in [0, 0.05) is 5.33 Å². The highest BCUT2D eigenvalue weighted by atomic mass is 79.9. The van der Waals surface area contributed by atoms with Gasteiger partial charge in [0.25, 0.3) is 0 Å². The summed E-state index contributed by atoms with van der Waals surface area (Å²) in [5.41, 5.74) is 5.11. The summed E-state index contributed by atoms with van der Waals surface area (Å²) in [5, 5.41) is 0.651. The van der Waals surface area contributed by atoms with Gasteiger partial charge in [0.05, 0.1) is 23.2 Å². The summed E-state index contributed by atoms with van der Waals surface area (Å²) >= 11 is 17.9. The molecule has 0 spiro atoms. The van der Waals surface area contributed by atoms with E-state index < -0.39 is 31.5 Å². The lowest BCUT2D eigenvalue weighted by Crippen LogP contribution is -2.46. The maximum Gasteiger partial charge on any atom is 0.335 e. The summed E-state index contributed by atoms with van der Waals surface area (Å²) in [6, 6.07) is -1.24. The van der Waals surface area contributed by atoms with Crippen LogP contribution in [0, 0.1) is 0 Å². The van der Waals surface area contributed by atoms with Gasteiger partial charge in [0.1, 0.15) is 3.78 Å². The van der Waals surface area contributed by atoms with E-state index in [9.17, 15) is 13.2 Å². The number of rotatable bonds is 6. The van der Waals surface area contributed by atoms with Gasteiger partial charge in [0.2, 0.25) is 16.0 Å². The van der Waals surface area contributed by atoms with Crippen LogP contribution in [0.4, 0.5) is 10.7 Å². The van der Waals surface area contributed by atoms with Crippen molar-refractivity contribution in [2.75, 3.05) is 15.4 Å². The molecule has 1 aromatic rings. The number of nitrogens with zero attached hydrogens (tertiary/aromatic N) is 3. The number of hydrogen-bond acceptors (Lipinski definition) is 5. The van der Waals surface area contributed by atoms with Crippen molar-refractivity contribution in [3.05, 3.63) is 17.4 Å². The Morgan fingerprint density at radius 1 is 1.43 bits per heavy atom. The first-order valence-corrected chi connectivity index (χ1v) is 9.61. The predicted octanol–water partition coefficient (Wildman–Crippen LogP) is 2.46. The van der Waals surface area contributed by atoms with Gasteiger partial charge in [-0.15, -0.1) is 11.6 Å². The van der Waals surface area contributed by atoms with Gasteiger partial charge in [-0.1, -0.05) is 43.5 Å². The van der Waals surface area contributed by atoms with E-state index in [1.54, 1.807) is 0 Å². The molecule has 12 heteroatoms. The fourth-order valence-corrected chi connectivity index (χ4v) is 5.85. The molecule has 0 fully saturated rings. The number of urea groups is 1. The summed E-state index contributed by atoms with van der Waals surface area (Å²) < 4.78 is 23.7. The van der Waals surface area contributed by atoms with Crippen LogP contribution in [0.2, 0.25) is 5.02 Å². The molecule has 2 amide bonds. The van der Waals surface area contributed by atoms with Crippen molar-refractivity contribution in [3.63, 3.8) is 0 Å². The van der Waals surface area contributed by atoms with E-state index in [0.717, 1.165) is 12.4 Å². The van der Waals surface area contributed by atoms with Crippen LogP contribution in [-0.2, 0) is 10.0 Å². The zero-order valence-electron chi connectivity index (χ0n) is 10.3. The molecule has 0 aromatic carbocycles. The first kappa shape index (κ1) is 18.9. The monoisotopic (exact) mass is 482 g/mol. The first-order chi connectivity index (χ1) is 9.59. The van der Waals surface area contributed by atoms with Gasteiger partial charge >= 0.3 is 6.03 Å². The lowest BCUT2D eigenvalue weighted by Gasteiger charge is -2.23. The molecule has 0 aliphatic carbocycles. The molecule has 1 atom stereocenters. The second-order valence-electron chi connectivity index (χ2n) is 3.86. The van der Waals surface area contributed by atoms with Crippen LogP contribution in [0.25, 0.3) is 0 Å². The van der Waals surface area contributed by atoms with Gasteiger partial charge in [0.15, 0.2) is 0 Å². The molecule has 0 radical (unpaired) electrons. The fourth-order valence-electron chi connectivity index (χ4n) is 1.31. The van der Waals surface area contributed by atoms with Gasteiger partial charge in [-0.25, -0.2) is 23.2 Å². The molecule has 21 heavy (non-hydrogen) atoms. The highest BCUT2D eigenvalue weighted by Crippen LogP contribution is 2.32. The number of alkyl halides is 3. The molecule has 0 saturated heterocycles. The van der Waals surface area contributed by atoms with Gasteiger partial charge < -0.3 is 5.73 Å². The summed E-state index contributed by atoms with van der Waals surface area (Å²) in [5.74, 6) is -0.979. The minimum absolute atomic E-state index is 0.187. The molecule has 0 bridgehead atoms. The minimum atomic E-state index is -4.18. The Hall–Kier alpha value is -0.160. The third-order valence-corrected chi connectivity index (χ3v) is 6.00. The van der Waals surface area contributed by atoms with Gasteiger partial charge in [-0.2, -0.15) is 4.31 Å². The lowest BCUT2D eigenvalue weighted by molar-refractivity contribution is 0.256. The molecule has 0 aliphatic rings. The number of halogens is 4. The molecule has 0 aliphatic heterocycles. The maximum atomic E-state index is 12.3. The summed E-state index contributed by atoms with van der Waals surface area (Å²) in [6.45, 7) is 0. The van der Waals surface area contributed by atoms with E-state index in [1.165, 1.54) is 0 Å². The van der Waals surface area contributed by atoms with Gasteiger partial charge in [-0.3, -0.25) is 0 Å². The van der Waals surface area contributed by atoms with E-state index in [4.69, 9.17) is 28.9 Å². The summed E-state index contributed by atoms with van der Waals surface area (Å²) in [6.07, 6.45) is 2.59. The Bertz CT molecular complexity index is 612. The zero-order valence-corrected chi connectivity index (χ0v) is 15.8. The Labute approximate surface area is 148 Å². The Morgan fingerprint density at radius 2 is 1.95 bits per heavy atom. The van der Waals surface area contributed by atoms with Crippen molar-refractivity contribution >= 4 is 77.1 Å². The number of anilines is 1. The van der Waals surface area contributed by atoms with Crippen LogP contribution in [0.1, 0.15) is 6.42 Å². The smallest absolute Gasteiger partial charge is 0.335 e. The van der Waals surface area contributed by atoms with E-state index >= 15 is 0 Å². The Balaban J connectivity index is 3.16. The molecule has 1 aromatic heterocycles. The quantitative estimate of drug-likeness (QED) is 0.624. The van der Waals surface area contributed by atoms with Crippen molar-refractivity contribution in [1.82, 2.24) is 9.97 Å². The van der Waals surface area contributed by atoms with Crippen molar-refractivity contribution in [2.24, 2.45) is 5.73 Å². The third-order valence-electron chi connectivity index (χ3n) is 2.12. The van der Waals surface area contributed by atoms with Crippen LogP contribution < -0.4 is 10.0 Å². The topological polar surface area (TPSA) is 106 Å². The molecule has 2 N–H and O–H groups in total. The SMILES string of the molecule is NC(=O)N(c1ncc(Cl)cn1)S(=O)(=O)CC(Cl)(Br)CCBr. The number of hydrogen-bond donors (Lipinski definition) is 1. The van der Waals surface area contributed by atoms with Crippen molar-refractivity contribution in [1.29, 1.82) is 0 Å². The second kappa shape index (κ2) is 7.40. The molecule has 1 heterocycles. The van der Waals surface area contributed by atoms with Crippen LogP contribution in [-0.4, -0.2) is 39.3 Å². The van der Waals surface area contributed by atoms with Crippen LogP contribution in [0.3, 0.4) is 0 Å². The number of nitrogens with two attached hydrogens (primary N) is 1. The first-order valence-electron chi connectivity index (χ1n) is 5.33. The van der Waals surface area contributed by atoms with Gasteiger partial charge in [-0.05, 0) is 6.42 Å². The van der Waals surface area contributed by atoms with Crippen molar-refractivity contribution in [2.45, 2.75) is 10.2 Å². The van der Waals surface area contributed by atoms with E-state index in [0.29, 0.717) is 11.8 Å². The molecular formula is C9H10Br2Cl2N4O3S. The van der Waals surface area contributed by atoms with Crippen molar-refractivity contribution in [3.8, 4) is 0 Å². The van der Waals surface area contributed by atoms with E-state index in [2.05, 4.69) is 41.8 Å². The molecule has 0 saturated carbocycles. The van der Waals surface area contributed by atoms with Crippen molar-refractivity contribution < 1.29 is 13.2 Å². The number of aromatic nitrogens is 2. The Kier molecular flexibility index (Phi) is 6.66. The predicted molar refractivity (Wildman–Crippen MR) is 88.8 cm³/mol. The summed E-state index contributed by atoms with van der Waals surface area (Å²) in [4.78, 5) is 18.8. The summed E-state index contributed by atoms with van der Waals surface area (Å²) in [7, 11) is -4.18. The second-order valence-corrected chi connectivity index (χ2v) is 9.60. The van der Waals surface area contributed by atoms with Crippen LogP contribution in [0.15, 0.2) is 12.4 Å². The normalized spacial score (nSPS) is 14.5.